The smallest absolute Gasteiger partial charge is 0.286 e. The van der Waals surface area contributed by atoms with E-state index in [1.807, 2.05) is 30.3 Å². The highest BCUT2D eigenvalue weighted by Crippen LogP contribution is 2.22. The van der Waals surface area contributed by atoms with Gasteiger partial charge in [0, 0.05) is 44.0 Å². The summed E-state index contributed by atoms with van der Waals surface area (Å²) in [6.45, 7) is 4.76. The zero-order valence-electron chi connectivity index (χ0n) is 17.3. The number of anilines is 1. The number of carbonyl (C=O) groups excluding carboxylic acids is 1. The highest BCUT2D eigenvalue weighted by Gasteiger charge is 2.21. The average Bonchev–Trinajstić information content (AvgIpc) is 3.25. The number of aromatic nitrogens is 2. The van der Waals surface area contributed by atoms with Gasteiger partial charge < -0.3 is 10.1 Å². The number of carbonyl (C=O) groups is 1. The van der Waals surface area contributed by atoms with Gasteiger partial charge in [0.25, 0.3) is 5.91 Å². The lowest BCUT2D eigenvalue weighted by Crippen LogP contribution is -2.45. The molecule has 2 aromatic carbocycles. The van der Waals surface area contributed by atoms with Gasteiger partial charge in [0.05, 0.1) is 13.7 Å². The van der Waals surface area contributed by atoms with Gasteiger partial charge in [-0.05, 0) is 30.3 Å². The molecule has 1 fully saturated rings. The van der Waals surface area contributed by atoms with Crippen LogP contribution in [0.4, 0.5) is 10.1 Å². The summed E-state index contributed by atoms with van der Waals surface area (Å²) in [6, 6.07) is 13.9. The summed E-state index contributed by atoms with van der Waals surface area (Å²) in [4.78, 5) is 16.9. The number of nitrogens with zero attached hydrogens (tertiary/aromatic N) is 4. The number of halogens is 1. The third-order valence-electron chi connectivity index (χ3n) is 5.15. The van der Waals surface area contributed by atoms with Crippen LogP contribution in [0.15, 0.2) is 48.5 Å². The second-order valence-electron chi connectivity index (χ2n) is 7.33. The fourth-order valence-corrected chi connectivity index (χ4v) is 4.30. The molecule has 0 bridgehead atoms. The van der Waals surface area contributed by atoms with Gasteiger partial charge >= 0.3 is 0 Å². The molecule has 0 saturated carbocycles. The fourth-order valence-electron chi connectivity index (χ4n) is 3.52. The highest BCUT2D eigenvalue weighted by molar-refractivity contribution is 7.13. The Kier molecular flexibility index (Phi) is 6.86. The maximum Gasteiger partial charge on any atom is 0.286 e. The zero-order chi connectivity index (χ0) is 21.6. The maximum absolute atomic E-state index is 13.6. The number of hydrogen-bond donors (Lipinski definition) is 1. The van der Waals surface area contributed by atoms with Gasteiger partial charge in [0.2, 0.25) is 5.01 Å². The van der Waals surface area contributed by atoms with Crippen molar-refractivity contribution in [3.8, 4) is 5.75 Å². The Balaban J connectivity index is 1.28. The van der Waals surface area contributed by atoms with Gasteiger partial charge in [-0.1, -0.05) is 29.5 Å². The molecule has 1 saturated heterocycles. The standard InChI is InChI=1S/C22H24FN5O2S/c1-30-19-8-7-17(23)13-16(19)14-27-9-11-28(12-10-27)15-20-25-26-22(31-20)21(29)24-18-5-3-2-4-6-18/h2-8,13H,9-12,14-15H2,1H3,(H,24,29). The third kappa shape index (κ3) is 5.63. The summed E-state index contributed by atoms with van der Waals surface area (Å²) in [5, 5.41) is 12.2. The number of nitrogens with one attached hydrogen (secondary N) is 1. The minimum Gasteiger partial charge on any atom is -0.496 e. The Hall–Kier alpha value is -2.88. The molecule has 0 radical (unpaired) electrons. The van der Waals surface area contributed by atoms with E-state index in [4.69, 9.17) is 4.74 Å². The predicted octanol–water partition coefficient (Wildman–Crippen LogP) is 3.26. The van der Waals surface area contributed by atoms with Crippen molar-refractivity contribution in [1.82, 2.24) is 20.0 Å². The number of amides is 1. The molecular weight excluding hydrogens is 417 g/mol. The lowest BCUT2D eigenvalue weighted by molar-refractivity contribution is 0.102. The van der Waals surface area contributed by atoms with Crippen LogP contribution in [0.3, 0.4) is 0 Å². The van der Waals surface area contributed by atoms with Gasteiger partial charge in [-0.25, -0.2) is 4.39 Å². The van der Waals surface area contributed by atoms with E-state index in [2.05, 4.69) is 25.3 Å². The number of ether oxygens (including phenoxy) is 1. The first-order valence-corrected chi connectivity index (χ1v) is 10.9. The Morgan fingerprint density at radius 3 is 2.48 bits per heavy atom. The van der Waals surface area contributed by atoms with Crippen molar-refractivity contribution < 1.29 is 13.9 Å². The Labute approximate surface area is 184 Å². The Bertz CT molecular complexity index is 1020. The molecule has 2 heterocycles. The first kappa shape index (κ1) is 21.4. The van der Waals surface area contributed by atoms with Crippen LogP contribution >= 0.6 is 11.3 Å². The van der Waals surface area contributed by atoms with Gasteiger partial charge in [0.1, 0.15) is 16.6 Å². The second kappa shape index (κ2) is 9.95. The number of rotatable bonds is 7. The van der Waals surface area contributed by atoms with E-state index in [9.17, 15) is 9.18 Å². The lowest BCUT2D eigenvalue weighted by atomic mass is 10.1. The van der Waals surface area contributed by atoms with Crippen molar-refractivity contribution >= 4 is 22.9 Å². The van der Waals surface area contributed by atoms with Crippen molar-refractivity contribution in [2.75, 3.05) is 38.6 Å². The normalized spacial score (nSPS) is 15.0. The molecule has 1 amide bonds. The number of methoxy groups -OCH3 is 1. The summed E-state index contributed by atoms with van der Waals surface area (Å²) in [5.41, 5.74) is 1.59. The van der Waals surface area contributed by atoms with Crippen LogP contribution in [0.1, 0.15) is 20.4 Å². The minimum absolute atomic E-state index is 0.246. The summed E-state index contributed by atoms with van der Waals surface area (Å²) in [5.74, 6) is 0.209. The van der Waals surface area contributed by atoms with Gasteiger partial charge in [0.15, 0.2) is 0 Å². The van der Waals surface area contributed by atoms with Crippen LogP contribution in [-0.2, 0) is 13.1 Å². The number of hydrogen-bond acceptors (Lipinski definition) is 7. The predicted molar refractivity (Wildman–Crippen MR) is 118 cm³/mol. The van der Waals surface area contributed by atoms with E-state index in [0.29, 0.717) is 23.8 Å². The van der Waals surface area contributed by atoms with Gasteiger partial charge in [-0.15, -0.1) is 10.2 Å². The molecule has 1 aromatic heterocycles. The zero-order valence-corrected chi connectivity index (χ0v) is 18.1. The molecule has 9 heteroatoms. The van der Waals surface area contributed by atoms with Crippen molar-refractivity contribution in [3.05, 3.63) is 69.9 Å². The van der Waals surface area contributed by atoms with Gasteiger partial charge in [-0.2, -0.15) is 0 Å². The largest absolute Gasteiger partial charge is 0.496 e. The molecule has 3 aromatic rings. The Morgan fingerprint density at radius 1 is 1.06 bits per heavy atom. The second-order valence-corrected chi connectivity index (χ2v) is 8.39. The monoisotopic (exact) mass is 441 g/mol. The first-order valence-electron chi connectivity index (χ1n) is 10.1. The number of piperazine rings is 1. The average molecular weight is 442 g/mol. The fraction of sp³-hybridized carbons (Fsp3) is 0.318. The van der Waals surface area contributed by atoms with Crippen LogP contribution in [0, 0.1) is 5.82 Å². The topological polar surface area (TPSA) is 70.6 Å². The first-order chi connectivity index (χ1) is 15.1. The molecule has 0 aliphatic carbocycles. The quantitative estimate of drug-likeness (QED) is 0.607. The van der Waals surface area contributed by atoms with Crippen molar-refractivity contribution in [2.24, 2.45) is 0 Å². The van der Waals surface area contributed by atoms with E-state index < -0.39 is 0 Å². The van der Waals surface area contributed by atoms with E-state index >= 15 is 0 Å². The summed E-state index contributed by atoms with van der Waals surface area (Å²) < 4.78 is 19.0. The Morgan fingerprint density at radius 2 is 1.77 bits per heavy atom. The van der Waals surface area contributed by atoms with E-state index in [-0.39, 0.29) is 11.7 Å². The summed E-state index contributed by atoms with van der Waals surface area (Å²) >= 11 is 1.32. The lowest BCUT2D eigenvalue weighted by Gasteiger charge is -2.34. The molecule has 0 spiro atoms. The molecular formula is C22H24FN5O2S. The van der Waals surface area contributed by atoms with E-state index in [0.717, 1.165) is 42.4 Å². The molecule has 1 N–H and O–H groups in total. The molecule has 0 atom stereocenters. The molecule has 0 unspecified atom stereocenters. The third-order valence-corrected chi connectivity index (χ3v) is 6.06. The molecule has 31 heavy (non-hydrogen) atoms. The van der Waals surface area contributed by atoms with Crippen LogP contribution in [0.5, 0.6) is 5.75 Å². The molecule has 7 nitrogen and oxygen atoms in total. The summed E-state index contributed by atoms with van der Waals surface area (Å²) in [6.07, 6.45) is 0. The molecule has 162 valence electrons. The van der Waals surface area contributed by atoms with Crippen molar-refractivity contribution in [2.45, 2.75) is 13.1 Å². The van der Waals surface area contributed by atoms with E-state index in [1.54, 1.807) is 13.2 Å². The van der Waals surface area contributed by atoms with Crippen molar-refractivity contribution in [1.29, 1.82) is 0 Å². The van der Waals surface area contributed by atoms with Crippen LogP contribution in [-0.4, -0.2) is 59.2 Å². The van der Waals surface area contributed by atoms with Crippen LogP contribution in [0.25, 0.3) is 0 Å². The molecule has 1 aliphatic heterocycles. The van der Waals surface area contributed by atoms with Crippen molar-refractivity contribution in [3.63, 3.8) is 0 Å². The molecule has 4 rings (SSSR count). The van der Waals surface area contributed by atoms with Crippen LogP contribution in [0.2, 0.25) is 0 Å². The minimum atomic E-state index is -0.252. The molecule has 1 aliphatic rings. The highest BCUT2D eigenvalue weighted by atomic mass is 32.1. The van der Waals surface area contributed by atoms with Crippen LogP contribution < -0.4 is 10.1 Å². The van der Waals surface area contributed by atoms with E-state index in [1.165, 1.54) is 23.5 Å². The maximum atomic E-state index is 13.6. The summed E-state index contributed by atoms with van der Waals surface area (Å²) in [7, 11) is 1.60. The number of para-hydroxylation sites is 1. The SMILES string of the molecule is COc1ccc(F)cc1CN1CCN(Cc2nnc(C(=O)Nc3ccccc3)s2)CC1. The number of benzene rings is 2. The van der Waals surface area contributed by atoms with Gasteiger partial charge in [-0.3, -0.25) is 14.6 Å².